The lowest BCUT2D eigenvalue weighted by Gasteiger charge is -2.30. The van der Waals surface area contributed by atoms with Crippen LogP contribution in [0.2, 0.25) is 0 Å². The molecule has 0 N–H and O–H groups in total. The molecular weight excluding hydrogens is 328 g/mol. The highest BCUT2D eigenvalue weighted by atomic mass is 32.1. The molecule has 3 heterocycles. The third kappa shape index (κ3) is 3.65. The van der Waals surface area contributed by atoms with Gasteiger partial charge in [-0.25, -0.2) is 0 Å². The molecule has 2 saturated heterocycles. The molecule has 1 amide bonds. The molecule has 1 aromatic carbocycles. The van der Waals surface area contributed by atoms with Gasteiger partial charge in [-0.15, -0.1) is 11.3 Å². The first-order chi connectivity index (χ1) is 12.2. The molecule has 4 rings (SSSR count). The van der Waals surface area contributed by atoms with Crippen LogP contribution in [-0.2, 0) is 17.9 Å². The van der Waals surface area contributed by atoms with Crippen LogP contribution in [-0.4, -0.2) is 34.8 Å². The summed E-state index contributed by atoms with van der Waals surface area (Å²) in [5.41, 5.74) is 2.64. The van der Waals surface area contributed by atoms with E-state index in [9.17, 15) is 4.79 Å². The number of rotatable bonds is 4. The van der Waals surface area contributed by atoms with Gasteiger partial charge in [0.05, 0.1) is 0 Å². The lowest BCUT2D eigenvalue weighted by Crippen LogP contribution is -2.42. The Morgan fingerprint density at radius 2 is 1.96 bits per heavy atom. The summed E-state index contributed by atoms with van der Waals surface area (Å²) in [6.07, 6.45) is 2.93. The summed E-state index contributed by atoms with van der Waals surface area (Å²) in [5.74, 6) is 0.959. The second-order valence-electron chi connectivity index (χ2n) is 7.45. The Morgan fingerprint density at radius 3 is 2.72 bits per heavy atom. The van der Waals surface area contributed by atoms with Gasteiger partial charge in [0.15, 0.2) is 0 Å². The molecule has 1 aromatic heterocycles. The number of amides is 1. The van der Waals surface area contributed by atoms with Gasteiger partial charge in [0.25, 0.3) is 0 Å². The zero-order valence-electron chi connectivity index (χ0n) is 14.9. The Bertz CT molecular complexity index is 727. The van der Waals surface area contributed by atoms with Crippen LogP contribution in [0.1, 0.15) is 35.3 Å². The van der Waals surface area contributed by atoms with E-state index >= 15 is 0 Å². The molecule has 0 spiro atoms. The molecular formula is C21H26N2OS. The van der Waals surface area contributed by atoms with Gasteiger partial charge in [-0.2, -0.15) is 0 Å². The van der Waals surface area contributed by atoms with Crippen LogP contribution in [0.5, 0.6) is 0 Å². The number of benzene rings is 1. The predicted octanol–water partition coefficient (Wildman–Crippen LogP) is 4.07. The first kappa shape index (κ1) is 16.8. The molecule has 2 fully saturated rings. The standard InChI is InChI=1S/C21H26N2OS/c1-16-10-11-25-20(16)15-22-13-18-8-5-9-21(24)23(19(18)14-22)12-17-6-3-2-4-7-17/h2-4,6-7,10-11,18-19H,5,8-9,12-15H2,1H3/t18-,19+/m1/s1. The van der Waals surface area contributed by atoms with Crippen molar-refractivity contribution in [1.82, 2.24) is 9.80 Å². The van der Waals surface area contributed by atoms with Crippen LogP contribution in [0, 0.1) is 12.8 Å². The third-order valence-corrected chi connectivity index (χ3v) is 6.71. The Morgan fingerprint density at radius 1 is 1.12 bits per heavy atom. The number of hydrogen-bond donors (Lipinski definition) is 0. The number of aryl methyl sites for hydroxylation is 1. The summed E-state index contributed by atoms with van der Waals surface area (Å²) < 4.78 is 0. The molecule has 0 unspecified atom stereocenters. The fraction of sp³-hybridized carbons (Fsp3) is 0.476. The molecule has 4 heteroatoms. The number of carbonyl (C=O) groups excluding carboxylic acids is 1. The second-order valence-corrected chi connectivity index (χ2v) is 8.45. The van der Waals surface area contributed by atoms with Crippen molar-refractivity contribution >= 4 is 17.2 Å². The van der Waals surface area contributed by atoms with Crippen molar-refractivity contribution in [2.45, 2.75) is 45.3 Å². The number of hydrogen-bond acceptors (Lipinski definition) is 3. The molecule has 2 atom stereocenters. The molecule has 25 heavy (non-hydrogen) atoms. The number of carbonyl (C=O) groups is 1. The molecule has 0 saturated carbocycles. The monoisotopic (exact) mass is 354 g/mol. The highest BCUT2D eigenvalue weighted by molar-refractivity contribution is 7.10. The number of thiophene rings is 1. The average molecular weight is 355 g/mol. The van der Waals surface area contributed by atoms with Crippen LogP contribution in [0.3, 0.4) is 0 Å². The van der Waals surface area contributed by atoms with Crippen molar-refractivity contribution in [2.75, 3.05) is 13.1 Å². The normalized spacial score (nSPS) is 24.4. The largest absolute Gasteiger partial charge is 0.334 e. The van der Waals surface area contributed by atoms with Crippen LogP contribution < -0.4 is 0 Å². The number of fused-ring (bicyclic) bond motifs is 1. The van der Waals surface area contributed by atoms with Gasteiger partial charge in [-0.1, -0.05) is 30.3 Å². The maximum absolute atomic E-state index is 12.7. The summed E-state index contributed by atoms with van der Waals surface area (Å²) in [7, 11) is 0. The van der Waals surface area contributed by atoms with Crippen molar-refractivity contribution in [3.05, 3.63) is 57.8 Å². The van der Waals surface area contributed by atoms with Crippen molar-refractivity contribution in [1.29, 1.82) is 0 Å². The summed E-state index contributed by atoms with van der Waals surface area (Å²) in [5, 5.41) is 2.18. The first-order valence-corrected chi connectivity index (χ1v) is 10.2. The van der Waals surface area contributed by atoms with Crippen LogP contribution in [0.15, 0.2) is 41.8 Å². The lowest BCUT2D eigenvalue weighted by atomic mass is 9.98. The van der Waals surface area contributed by atoms with E-state index in [4.69, 9.17) is 0 Å². The smallest absolute Gasteiger partial charge is 0.223 e. The Balaban J connectivity index is 1.50. The van der Waals surface area contributed by atoms with E-state index < -0.39 is 0 Å². The van der Waals surface area contributed by atoms with Gasteiger partial charge in [-0.3, -0.25) is 9.69 Å². The highest BCUT2D eigenvalue weighted by Gasteiger charge is 2.40. The fourth-order valence-electron chi connectivity index (χ4n) is 4.31. The summed E-state index contributed by atoms with van der Waals surface area (Å²) in [6, 6.07) is 13.0. The lowest BCUT2D eigenvalue weighted by molar-refractivity contribution is -0.133. The van der Waals surface area contributed by atoms with Gasteiger partial charge >= 0.3 is 0 Å². The van der Waals surface area contributed by atoms with Gasteiger partial charge in [0, 0.05) is 43.5 Å². The van der Waals surface area contributed by atoms with E-state index in [-0.39, 0.29) is 0 Å². The van der Waals surface area contributed by atoms with E-state index in [1.165, 1.54) is 22.4 Å². The number of likely N-dealkylation sites (tertiary alicyclic amines) is 2. The summed E-state index contributed by atoms with van der Waals surface area (Å²) in [4.78, 5) is 19.0. The van der Waals surface area contributed by atoms with Crippen LogP contribution in [0.4, 0.5) is 0 Å². The quantitative estimate of drug-likeness (QED) is 0.826. The van der Waals surface area contributed by atoms with Crippen molar-refractivity contribution in [2.24, 2.45) is 5.92 Å². The molecule has 2 aliphatic heterocycles. The molecule has 2 aliphatic rings. The van der Waals surface area contributed by atoms with E-state index in [1.54, 1.807) is 0 Å². The van der Waals surface area contributed by atoms with Gasteiger partial charge < -0.3 is 4.90 Å². The zero-order chi connectivity index (χ0) is 17.2. The van der Waals surface area contributed by atoms with Gasteiger partial charge in [0.1, 0.15) is 0 Å². The van der Waals surface area contributed by atoms with E-state index in [0.29, 0.717) is 24.3 Å². The van der Waals surface area contributed by atoms with Gasteiger partial charge in [0.2, 0.25) is 5.91 Å². The van der Waals surface area contributed by atoms with Crippen LogP contribution in [0.25, 0.3) is 0 Å². The minimum Gasteiger partial charge on any atom is -0.334 e. The van der Waals surface area contributed by atoms with Crippen molar-refractivity contribution in [3.63, 3.8) is 0 Å². The van der Waals surface area contributed by atoms with E-state index in [2.05, 4.69) is 52.4 Å². The molecule has 132 valence electrons. The predicted molar refractivity (Wildman–Crippen MR) is 102 cm³/mol. The minimum atomic E-state index is 0.338. The molecule has 0 radical (unpaired) electrons. The molecule has 2 aromatic rings. The Labute approximate surface area is 154 Å². The second kappa shape index (κ2) is 7.30. The highest BCUT2D eigenvalue weighted by Crippen LogP contribution is 2.33. The first-order valence-electron chi connectivity index (χ1n) is 9.29. The Hall–Kier alpha value is -1.65. The molecule has 0 aliphatic carbocycles. The third-order valence-electron chi connectivity index (χ3n) is 5.70. The SMILES string of the molecule is Cc1ccsc1CN1C[C@H]2CCCC(=O)N(Cc3ccccc3)[C@H]2C1. The van der Waals surface area contributed by atoms with Gasteiger partial charge in [-0.05, 0) is 48.3 Å². The number of nitrogens with zero attached hydrogens (tertiary/aromatic N) is 2. The van der Waals surface area contributed by atoms with E-state index in [1.807, 2.05) is 17.4 Å². The maximum atomic E-state index is 12.7. The zero-order valence-corrected chi connectivity index (χ0v) is 15.7. The minimum absolute atomic E-state index is 0.338. The Kier molecular flexibility index (Phi) is 4.91. The molecule has 3 nitrogen and oxygen atoms in total. The van der Waals surface area contributed by atoms with Crippen molar-refractivity contribution < 1.29 is 4.79 Å². The summed E-state index contributed by atoms with van der Waals surface area (Å²) in [6.45, 7) is 6.13. The fourth-order valence-corrected chi connectivity index (χ4v) is 5.25. The summed E-state index contributed by atoms with van der Waals surface area (Å²) >= 11 is 1.86. The van der Waals surface area contributed by atoms with E-state index in [0.717, 1.165) is 32.6 Å². The molecule has 0 bridgehead atoms. The van der Waals surface area contributed by atoms with Crippen molar-refractivity contribution in [3.8, 4) is 0 Å². The average Bonchev–Trinajstić information content (AvgIpc) is 3.17. The topological polar surface area (TPSA) is 23.6 Å². The maximum Gasteiger partial charge on any atom is 0.223 e. The van der Waals surface area contributed by atoms with Crippen LogP contribution >= 0.6 is 11.3 Å².